The van der Waals surface area contributed by atoms with Crippen molar-refractivity contribution < 1.29 is 22.7 Å². The Kier molecular flexibility index (Phi) is 9.73. The molecule has 4 aromatic rings. The van der Waals surface area contributed by atoms with E-state index >= 15 is 0 Å². The zero-order valence-corrected chi connectivity index (χ0v) is 27.9. The second kappa shape index (κ2) is 13.6. The third kappa shape index (κ3) is 6.47. The largest absolute Gasteiger partial charge is 0.472 e. The number of fused-ring (bicyclic) bond motifs is 2. The normalized spacial score (nSPS) is 17.4. The molecule has 0 fully saturated rings. The standard InChI is InChI=1S/C33H41N7O5S/c1-7-25-19-39(46(43,44)29-10-9-15-35-33(29)45-25)18-24-16-23(12-11-20(24)3)27(17-30(41)36-22(5)32(42)34-6)26-13-14-28-31(21(26)4)37-38-40(28)8-2/h9-16,22,25,27H,7-8,17-19H2,1-6H3,(H,34,42)(H,36,41)/t22?,25-,27?/m1/s1. The molecule has 5 rings (SSSR count). The Morgan fingerprint density at radius 3 is 2.63 bits per heavy atom. The van der Waals surface area contributed by atoms with E-state index in [2.05, 4.69) is 25.9 Å². The first-order chi connectivity index (χ1) is 22.0. The van der Waals surface area contributed by atoms with Crippen molar-refractivity contribution in [3.05, 3.63) is 76.5 Å². The van der Waals surface area contributed by atoms with E-state index in [4.69, 9.17) is 4.74 Å². The first-order valence-electron chi connectivity index (χ1n) is 15.5. The van der Waals surface area contributed by atoms with Gasteiger partial charge in [-0.25, -0.2) is 18.1 Å². The molecule has 0 saturated heterocycles. The lowest BCUT2D eigenvalue weighted by Gasteiger charge is -2.25. The topological polar surface area (TPSA) is 148 Å². The maximum absolute atomic E-state index is 13.9. The van der Waals surface area contributed by atoms with E-state index in [9.17, 15) is 18.0 Å². The van der Waals surface area contributed by atoms with E-state index in [1.165, 1.54) is 23.6 Å². The van der Waals surface area contributed by atoms with Crippen LogP contribution in [0.3, 0.4) is 0 Å². The number of nitrogens with zero attached hydrogens (tertiary/aromatic N) is 5. The Bertz CT molecular complexity index is 1870. The molecule has 244 valence electrons. The second-order valence-electron chi connectivity index (χ2n) is 11.7. The fraction of sp³-hybridized carbons (Fsp3) is 0.424. The molecule has 2 aromatic carbocycles. The molecule has 1 aliphatic heterocycles. The van der Waals surface area contributed by atoms with Gasteiger partial charge in [0.05, 0.1) is 12.1 Å². The van der Waals surface area contributed by atoms with Crippen molar-refractivity contribution in [2.24, 2.45) is 0 Å². The summed E-state index contributed by atoms with van der Waals surface area (Å²) < 4.78 is 37.0. The lowest BCUT2D eigenvalue weighted by Crippen LogP contribution is -2.43. The van der Waals surface area contributed by atoms with Gasteiger partial charge in [-0.05, 0) is 80.1 Å². The molecule has 0 radical (unpaired) electrons. The van der Waals surface area contributed by atoms with Gasteiger partial charge in [0.15, 0.2) is 0 Å². The summed E-state index contributed by atoms with van der Waals surface area (Å²) in [7, 11) is -2.38. The molecule has 1 aliphatic rings. The number of carbonyl (C=O) groups excluding carboxylic acids is 2. The van der Waals surface area contributed by atoms with Crippen LogP contribution in [0.2, 0.25) is 0 Å². The van der Waals surface area contributed by atoms with Gasteiger partial charge in [-0.3, -0.25) is 9.59 Å². The van der Waals surface area contributed by atoms with Crippen LogP contribution in [0.15, 0.2) is 53.6 Å². The average molecular weight is 648 g/mol. The summed E-state index contributed by atoms with van der Waals surface area (Å²) in [6.07, 6.45) is 1.83. The molecular weight excluding hydrogens is 606 g/mol. The predicted octanol–water partition coefficient (Wildman–Crippen LogP) is 3.60. The number of likely N-dealkylation sites (N-methyl/N-ethyl adjacent to an activating group) is 1. The highest BCUT2D eigenvalue weighted by Gasteiger charge is 2.35. The fourth-order valence-corrected chi connectivity index (χ4v) is 7.44. The van der Waals surface area contributed by atoms with Gasteiger partial charge in [0.1, 0.15) is 22.6 Å². The number of hydrogen-bond acceptors (Lipinski definition) is 8. The summed E-state index contributed by atoms with van der Waals surface area (Å²) >= 11 is 0. The van der Waals surface area contributed by atoms with E-state index < -0.39 is 22.0 Å². The van der Waals surface area contributed by atoms with Crippen molar-refractivity contribution in [2.75, 3.05) is 13.6 Å². The Balaban J connectivity index is 1.56. The fourth-order valence-electron chi connectivity index (χ4n) is 5.92. The average Bonchev–Trinajstić information content (AvgIpc) is 3.43. The van der Waals surface area contributed by atoms with Crippen LogP contribution in [0.4, 0.5) is 0 Å². The van der Waals surface area contributed by atoms with Crippen molar-refractivity contribution in [1.29, 1.82) is 0 Å². The van der Waals surface area contributed by atoms with Crippen LogP contribution in [0.25, 0.3) is 11.0 Å². The summed E-state index contributed by atoms with van der Waals surface area (Å²) in [4.78, 5) is 29.8. The first kappa shape index (κ1) is 33.0. The van der Waals surface area contributed by atoms with Crippen molar-refractivity contribution in [2.45, 2.75) is 83.5 Å². The van der Waals surface area contributed by atoms with E-state index in [1.54, 1.807) is 13.0 Å². The van der Waals surface area contributed by atoms with Crippen molar-refractivity contribution in [3.63, 3.8) is 0 Å². The third-order valence-corrected chi connectivity index (χ3v) is 10.5. The second-order valence-corrected chi connectivity index (χ2v) is 13.6. The van der Waals surface area contributed by atoms with E-state index in [1.807, 2.05) is 62.7 Å². The molecule has 2 aromatic heterocycles. The van der Waals surface area contributed by atoms with Gasteiger partial charge in [0.25, 0.3) is 0 Å². The molecule has 3 atom stereocenters. The van der Waals surface area contributed by atoms with Crippen LogP contribution in [0.5, 0.6) is 5.88 Å². The molecule has 2 unspecified atom stereocenters. The van der Waals surface area contributed by atoms with Crippen LogP contribution in [0.1, 0.15) is 67.3 Å². The van der Waals surface area contributed by atoms with Crippen LogP contribution in [-0.2, 0) is 32.7 Å². The summed E-state index contributed by atoms with van der Waals surface area (Å²) in [5, 5.41) is 14.1. The summed E-state index contributed by atoms with van der Waals surface area (Å²) in [6, 6.07) is 12.3. The molecule has 2 N–H and O–H groups in total. The smallest absolute Gasteiger partial charge is 0.248 e. The zero-order chi connectivity index (χ0) is 33.2. The van der Waals surface area contributed by atoms with Gasteiger partial charge in [-0.15, -0.1) is 5.10 Å². The number of hydrogen-bond donors (Lipinski definition) is 2. The number of rotatable bonds is 10. The Labute approximate surface area is 269 Å². The number of aromatic nitrogens is 4. The van der Waals surface area contributed by atoms with E-state index in [-0.39, 0.29) is 48.2 Å². The highest BCUT2D eigenvalue weighted by molar-refractivity contribution is 7.89. The van der Waals surface area contributed by atoms with Gasteiger partial charge >= 0.3 is 0 Å². The number of aryl methyl sites for hydroxylation is 3. The van der Waals surface area contributed by atoms with Crippen LogP contribution in [0, 0.1) is 13.8 Å². The molecular formula is C33H41N7O5S. The Hall–Kier alpha value is -4.36. The number of sulfonamides is 1. The lowest BCUT2D eigenvalue weighted by atomic mass is 9.84. The minimum atomic E-state index is -3.91. The molecule has 0 saturated carbocycles. The van der Waals surface area contributed by atoms with Gasteiger partial charge < -0.3 is 15.4 Å². The maximum Gasteiger partial charge on any atom is 0.248 e. The molecule has 0 aliphatic carbocycles. The van der Waals surface area contributed by atoms with Crippen LogP contribution >= 0.6 is 0 Å². The number of benzene rings is 2. The molecule has 13 heteroatoms. The first-order valence-corrected chi connectivity index (χ1v) is 17.0. The third-order valence-electron chi connectivity index (χ3n) is 8.68. The Morgan fingerprint density at radius 1 is 1.13 bits per heavy atom. The van der Waals surface area contributed by atoms with Crippen molar-refractivity contribution >= 4 is 32.9 Å². The van der Waals surface area contributed by atoms with Gasteiger partial charge in [0.2, 0.25) is 27.7 Å². The lowest BCUT2D eigenvalue weighted by molar-refractivity contribution is -0.128. The number of carbonyl (C=O) groups is 2. The van der Waals surface area contributed by atoms with Crippen LogP contribution in [-0.4, -0.2) is 70.3 Å². The minimum absolute atomic E-state index is 0.0450. The molecule has 46 heavy (non-hydrogen) atoms. The number of ether oxygens (including phenoxy) is 1. The Morgan fingerprint density at radius 2 is 1.91 bits per heavy atom. The van der Waals surface area contributed by atoms with E-state index in [0.29, 0.717) is 13.0 Å². The van der Waals surface area contributed by atoms with Crippen LogP contribution < -0.4 is 15.4 Å². The monoisotopic (exact) mass is 647 g/mol. The number of nitrogens with one attached hydrogen (secondary N) is 2. The van der Waals surface area contributed by atoms with Crippen molar-refractivity contribution in [3.8, 4) is 5.88 Å². The minimum Gasteiger partial charge on any atom is -0.472 e. The maximum atomic E-state index is 13.9. The SMILES string of the molecule is CC[C@@H]1CN(Cc2cc(C(CC(=O)NC(C)C(=O)NC)c3ccc4c(nnn4CC)c3C)ccc2C)S(=O)(=O)c2cccnc2O1. The summed E-state index contributed by atoms with van der Waals surface area (Å²) in [5.74, 6) is -0.877. The summed E-state index contributed by atoms with van der Waals surface area (Å²) in [5.41, 5.74) is 6.02. The quantitative estimate of drug-likeness (QED) is 0.265. The molecule has 12 nitrogen and oxygen atoms in total. The van der Waals surface area contributed by atoms with Crippen molar-refractivity contribution in [1.82, 2.24) is 34.9 Å². The van der Waals surface area contributed by atoms with Gasteiger partial charge in [0, 0.05) is 38.7 Å². The highest BCUT2D eigenvalue weighted by atomic mass is 32.2. The van der Waals surface area contributed by atoms with Gasteiger partial charge in [-0.1, -0.05) is 36.4 Å². The number of pyridine rings is 1. The number of amides is 2. The van der Waals surface area contributed by atoms with Gasteiger partial charge in [-0.2, -0.15) is 4.31 Å². The highest BCUT2D eigenvalue weighted by Crippen LogP contribution is 2.36. The summed E-state index contributed by atoms with van der Waals surface area (Å²) in [6.45, 7) is 10.5. The molecule has 3 heterocycles. The molecule has 2 amide bonds. The zero-order valence-electron chi connectivity index (χ0n) is 27.1. The van der Waals surface area contributed by atoms with E-state index in [0.717, 1.165) is 38.9 Å². The molecule has 0 bridgehead atoms. The predicted molar refractivity (Wildman–Crippen MR) is 174 cm³/mol. The molecule has 0 spiro atoms.